The number of aromatic amines is 1. The maximum Gasteiger partial charge on any atom is 0.199 e. The van der Waals surface area contributed by atoms with Gasteiger partial charge in [0.2, 0.25) is 0 Å². The van der Waals surface area contributed by atoms with Crippen LogP contribution in [0.25, 0.3) is 33.1 Å². The van der Waals surface area contributed by atoms with Gasteiger partial charge in [0.1, 0.15) is 0 Å². The maximum atomic E-state index is 6.06. The van der Waals surface area contributed by atoms with Gasteiger partial charge in [-0.05, 0) is 17.7 Å². The van der Waals surface area contributed by atoms with Gasteiger partial charge in [0.25, 0.3) is 0 Å². The molecular weight excluding hydrogens is 310 g/mol. The molecule has 0 aliphatic heterocycles. The molecule has 0 amide bonds. The Kier molecular flexibility index (Phi) is 3.04. The molecule has 0 spiro atoms. The lowest BCUT2D eigenvalue weighted by Gasteiger charge is -1.96. The van der Waals surface area contributed by atoms with Crippen molar-refractivity contribution in [3.63, 3.8) is 0 Å². The van der Waals surface area contributed by atoms with E-state index in [0.717, 1.165) is 28.1 Å². The normalized spacial score (nSPS) is 11.6. The average molecular weight is 327 g/mol. The molecule has 0 aliphatic carbocycles. The minimum absolute atomic E-state index is 0.684. The highest BCUT2D eigenvalue weighted by Crippen LogP contribution is 2.30. The Labute approximate surface area is 144 Å². The van der Waals surface area contributed by atoms with Gasteiger partial charge < -0.3 is 14.0 Å². The Bertz CT molecular complexity index is 1190. The zero-order chi connectivity index (χ0) is 16.8. The van der Waals surface area contributed by atoms with Crippen molar-refractivity contribution in [2.24, 2.45) is 7.05 Å². The second-order valence-electron chi connectivity index (χ2n) is 6.33. The van der Waals surface area contributed by atoms with Crippen molar-refractivity contribution in [2.45, 2.75) is 6.42 Å². The summed E-state index contributed by atoms with van der Waals surface area (Å²) < 4.78 is 8.20. The first-order chi connectivity index (χ1) is 12.3. The fourth-order valence-corrected chi connectivity index (χ4v) is 3.52. The van der Waals surface area contributed by atoms with Crippen LogP contribution >= 0.6 is 0 Å². The Morgan fingerprint density at radius 1 is 1.04 bits per heavy atom. The molecule has 0 saturated carbocycles. The third kappa shape index (κ3) is 2.26. The Morgan fingerprint density at radius 3 is 2.76 bits per heavy atom. The van der Waals surface area contributed by atoms with Gasteiger partial charge in [0.15, 0.2) is 11.7 Å². The molecule has 0 fully saturated rings. The second kappa shape index (κ2) is 5.38. The molecule has 0 radical (unpaired) electrons. The molecule has 0 bridgehead atoms. The summed E-state index contributed by atoms with van der Waals surface area (Å²) in [7, 11) is 2.07. The van der Waals surface area contributed by atoms with Crippen molar-refractivity contribution < 1.29 is 4.42 Å². The van der Waals surface area contributed by atoms with E-state index in [-0.39, 0.29) is 0 Å². The van der Waals surface area contributed by atoms with Crippen molar-refractivity contribution in [1.82, 2.24) is 14.5 Å². The highest BCUT2D eigenvalue weighted by atomic mass is 16.4. The second-order valence-corrected chi connectivity index (χ2v) is 6.33. The third-order valence-electron chi connectivity index (χ3n) is 4.73. The molecule has 3 heterocycles. The van der Waals surface area contributed by atoms with E-state index in [1.807, 2.05) is 24.5 Å². The van der Waals surface area contributed by atoms with Crippen molar-refractivity contribution in [3.05, 3.63) is 78.6 Å². The van der Waals surface area contributed by atoms with E-state index in [1.165, 1.54) is 16.5 Å². The molecule has 4 nitrogen and oxygen atoms in total. The quantitative estimate of drug-likeness (QED) is 0.512. The summed E-state index contributed by atoms with van der Waals surface area (Å²) in [6, 6.07) is 16.6. The summed E-state index contributed by atoms with van der Waals surface area (Å²) in [5, 5.41) is 2.40. The molecule has 0 atom stereocenters. The number of aryl methyl sites for hydroxylation is 1. The molecule has 0 aliphatic rings. The smallest absolute Gasteiger partial charge is 0.199 e. The van der Waals surface area contributed by atoms with Crippen molar-refractivity contribution in [2.75, 3.05) is 0 Å². The van der Waals surface area contributed by atoms with Crippen molar-refractivity contribution in [3.8, 4) is 11.3 Å². The van der Waals surface area contributed by atoms with Crippen LogP contribution in [0.15, 0.2) is 71.5 Å². The van der Waals surface area contributed by atoms with E-state index < -0.39 is 0 Å². The van der Waals surface area contributed by atoms with Crippen LogP contribution in [0.3, 0.4) is 0 Å². The average Bonchev–Trinajstić information content (AvgIpc) is 3.34. The molecular formula is C21H17N3O. The van der Waals surface area contributed by atoms with E-state index in [0.29, 0.717) is 6.42 Å². The number of oxazole rings is 1. The third-order valence-corrected chi connectivity index (χ3v) is 4.73. The van der Waals surface area contributed by atoms with Crippen LogP contribution in [0.2, 0.25) is 0 Å². The number of para-hydroxylation sites is 2. The van der Waals surface area contributed by atoms with Gasteiger partial charge in [0, 0.05) is 46.8 Å². The van der Waals surface area contributed by atoms with Crippen molar-refractivity contribution in [1.29, 1.82) is 0 Å². The maximum absolute atomic E-state index is 6.06. The fraction of sp³-hybridized carbons (Fsp3) is 0.0952. The van der Waals surface area contributed by atoms with E-state index in [4.69, 9.17) is 4.42 Å². The largest absolute Gasteiger partial charge is 0.440 e. The fourth-order valence-electron chi connectivity index (χ4n) is 3.52. The van der Waals surface area contributed by atoms with E-state index in [1.54, 1.807) is 0 Å². The van der Waals surface area contributed by atoms with Crippen LogP contribution in [0.5, 0.6) is 0 Å². The number of aromatic nitrogens is 3. The van der Waals surface area contributed by atoms with Gasteiger partial charge in [0.05, 0.1) is 12.6 Å². The number of H-pyrrole nitrogens is 1. The zero-order valence-electron chi connectivity index (χ0n) is 13.9. The number of nitrogens with zero attached hydrogens (tertiary/aromatic N) is 2. The molecule has 3 aromatic heterocycles. The predicted molar refractivity (Wildman–Crippen MR) is 99.5 cm³/mol. The molecule has 0 unspecified atom stereocenters. The van der Waals surface area contributed by atoms with Crippen LogP contribution in [0.1, 0.15) is 11.5 Å². The number of nitrogens with one attached hydrogen (secondary N) is 1. The minimum atomic E-state index is 0.684. The number of hydrogen-bond donors (Lipinski definition) is 1. The molecule has 2 aromatic carbocycles. The summed E-state index contributed by atoms with van der Waals surface area (Å²) in [6.45, 7) is 0. The lowest BCUT2D eigenvalue weighted by molar-refractivity contribution is 0.520. The lowest BCUT2D eigenvalue weighted by atomic mass is 10.1. The summed E-state index contributed by atoms with van der Waals surface area (Å²) in [4.78, 5) is 7.78. The summed E-state index contributed by atoms with van der Waals surface area (Å²) in [5.41, 5.74) is 4.60. The van der Waals surface area contributed by atoms with Crippen LogP contribution in [-0.4, -0.2) is 14.5 Å². The Hall–Kier alpha value is -3.27. The van der Waals surface area contributed by atoms with E-state index in [2.05, 4.69) is 64.2 Å². The minimum Gasteiger partial charge on any atom is -0.440 e. The van der Waals surface area contributed by atoms with Crippen LogP contribution in [-0.2, 0) is 13.5 Å². The topological polar surface area (TPSA) is 46.8 Å². The number of rotatable bonds is 3. The number of benzene rings is 2. The first-order valence-electron chi connectivity index (χ1n) is 8.34. The number of fused-ring (bicyclic) bond motifs is 2. The SMILES string of the molecule is Cn1cc(Cc2ncc(-c3c[nH]c4ccccc34)o2)c2ccccc21. The van der Waals surface area contributed by atoms with Gasteiger partial charge in [-0.3, -0.25) is 0 Å². The Balaban J connectivity index is 1.52. The van der Waals surface area contributed by atoms with Crippen LogP contribution in [0.4, 0.5) is 0 Å². The van der Waals surface area contributed by atoms with Crippen LogP contribution < -0.4 is 0 Å². The number of hydrogen-bond acceptors (Lipinski definition) is 2. The summed E-state index contributed by atoms with van der Waals surface area (Å²) in [6.07, 6.45) is 6.63. The van der Waals surface area contributed by atoms with E-state index >= 15 is 0 Å². The van der Waals surface area contributed by atoms with Gasteiger partial charge in [-0.25, -0.2) is 4.98 Å². The van der Waals surface area contributed by atoms with Gasteiger partial charge in [-0.15, -0.1) is 0 Å². The molecule has 0 saturated heterocycles. The standard InChI is InChI=1S/C21H17N3O/c1-24-13-14(15-6-3-5-9-19(15)24)10-21-23-12-20(25-21)17-11-22-18-8-4-2-7-16(17)18/h2-9,11-13,22H,10H2,1H3. The first-order valence-corrected chi connectivity index (χ1v) is 8.34. The first kappa shape index (κ1) is 14.1. The molecule has 4 heteroatoms. The monoisotopic (exact) mass is 327 g/mol. The molecule has 25 heavy (non-hydrogen) atoms. The molecule has 5 aromatic rings. The Morgan fingerprint density at radius 2 is 1.84 bits per heavy atom. The summed E-state index contributed by atoms with van der Waals surface area (Å²) >= 11 is 0. The zero-order valence-corrected chi connectivity index (χ0v) is 13.9. The molecule has 122 valence electrons. The highest BCUT2D eigenvalue weighted by Gasteiger charge is 2.13. The van der Waals surface area contributed by atoms with E-state index in [9.17, 15) is 0 Å². The van der Waals surface area contributed by atoms with Crippen molar-refractivity contribution >= 4 is 21.8 Å². The van der Waals surface area contributed by atoms with Gasteiger partial charge in [-0.2, -0.15) is 0 Å². The summed E-state index contributed by atoms with van der Waals surface area (Å²) in [5.74, 6) is 1.53. The molecule has 5 rings (SSSR count). The highest BCUT2D eigenvalue weighted by molar-refractivity contribution is 5.94. The van der Waals surface area contributed by atoms with Gasteiger partial charge in [-0.1, -0.05) is 36.4 Å². The predicted octanol–water partition coefficient (Wildman–Crippen LogP) is 4.91. The van der Waals surface area contributed by atoms with Gasteiger partial charge >= 0.3 is 0 Å². The van der Waals surface area contributed by atoms with Crippen LogP contribution in [0, 0.1) is 0 Å². The molecule has 1 N–H and O–H groups in total. The lowest BCUT2D eigenvalue weighted by Crippen LogP contribution is -1.86.